The van der Waals surface area contributed by atoms with Gasteiger partial charge in [0.15, 0.2) is 0 Å². The van der Waals surface area contributed by atoms with Gasteiger partial charge in [-0.1, -0.05) is 0 Å². The molecule has 59 heavy (non-hydrogen) atoms. The fourth-order valence-electron chi connectivity index (χ4n) is 10.6. The average Bonchev–Trinajstić information content (AvgIpc) is 3.71. The fraction of sp³-hybridized carbons (Fsp3) is 0.500. The van der Waals surface area contributed by atoms with Crippen LogP contribution in [0, 0.1) is 27.7 Å². The Bertz CT molecular complexity index is 2170. The zero-order valence-corrected chi connectivity index (χ0v) is 44.3. The van der Waals surface area contributed by atoms with Gasteiger partial charge in [0.1, 0.15) is 0 Å². The Kier molecular flexibility index (Phi) is 12.0. The third-order valence-corrected chi connectivity index (χ3v) is 34.9. The van der Waals surface area contributed by atoms with Crippen molar-refractivity contribution < 1.29 is 16.4 Å². The van der Waals surface area contributed by atoms with Gasteiger partial charge in [-0.25, -0.2) is 0 Å². The molecule has 0 radical (unpaired) electrons. The van der Waals surface area contributed by atoms with E-state index in [0.717, 1.165) is 17.0 Å². The summed E-state index contributed by atoms with van der Waals surface area (Å²) in [6.45, 7) is 44.3. The van der Waals surface area contributed by atoms with Crippen LogP contribution >= 0.6 is 17.0 Å². The van der Waals surface area contributed by atoms with Gasteiger partial charge in [-0.3, -0.25) is 0 Å². The van der Waals surface area contributed by atoms with Crippen molar-refractivity contribution in [2.75, 3.05) is 0 Å². The van der Waals surface area contributed by atoms with Gasteiger partial charge < -0.3 is 0 Å². The van der Waals surface area contributed by atoms with E-state index in [1.54, 1.807) is 0 Å². The van der Waals surface area contributed by atoms with Crippen molar-refractivity contribution in [3.8, 4) is 22.3 Å². The molecule has 6 rings (SSSR count). The summed E-state index contributed by atoms with van der Waals surface area (Å²) < 4.78 is 0.840. The third kappa shape index (κ3) is 8.04. The van der Waals surface area contributed by atoms with Crippen LogP contribution in [0.15, 0.2) is 59.7 Å². The molecule has 0 N–H and O–H groups in total. The van der Waals surface area contributed by atoms with E-state index >= 15 is 0 Å². The molecule has 2 atom stereocenters. The van der Waals surface area contributed by atoms with Crippen LogP contribution in [-0.4, -0.2) is 0 Å². The van der Waals surface area contributed by atoms with Crippen LogP contribution in [0.4, 0.5) is 0 Å². The van der Waals surface area contributed by atoms with Crippen LogP contribution < -0.4 is 0 Å². The summed E-state index contributed by atoms with van der Waals surface area (Å²) in [5.74, 6) is 0. The van der Waals surface area contributed by atoms with Crippen LogP contribution in [0.5, 0.6) is 0 Å². The SMILES string of the molecule is CCC1=Cc2c(-c3cc(C(C)(C)C)cc(C(C)(C)C)c3)c(C)cc(C)c2[CH]1[Zr]([Cl])([Cl])([CH2]C)[CH]1C(CC)=Cc2c(-c3cc(C(C)(C)C)cc(C(C)(C)C)c3)c(C)cc(C)c21. The summed E-state index contributed by atoms with van der Waals surface area (Å²) >= 11 is -5.06. The van der Waals surface area contributed by atoms with E-state index in [-0.39, 0.29) is 28.9 Å². The van der Waals surface area contributed by atoms with E-state index in [1.165, 1.54) is 100 Å². The molecule has 0 bridgehead atoms. The number of fused-ring (bicyclic) bond motifs is 2. The van der Waals surface area contributed by atoms with Gasteiger partial charge in [-0.05, 0) is 0 Å². The van der Waals surface area contributed by atoms with Crippen molar-refractivity contribution in [3.05, 3.63) is 126 Å². The Hall–Kier alpha value is -2.18. The molecule has 0 spiro atoms. The number of hydrogen-bond donors (Lipinski definition) is 0. The first-order chi connectivity index (χ1) is 27.0. The predicted octanol–water partition coefficient (Wildman–Crippen LogP) is 18.3. The monoisotopic (exact) mass is 907 g/mol. The normalized spacial score (nSPS) is 18.0. The van der Waals surface area contributed by atoms with Crippen molar-refractivity contribution >= 4 is 29.2 Å². The van der Waals surface area contributed by atoms with Crippen LogP contribution in [0.25, 0.3) is 34.4 Å². The van der Waals surface area contributed by atoms with Crippen molar-refractivity contribution in [3.63, 3.8) is 0 Å². The predicted molar refractivity (Wildman–Crippen MR) is 262 cm³/mol. The summed E-state index contributed by atoms with van der Waals surface area (Å²) in [6.07, 6.45) is 6.92. The van der Waals surface area contributed by atoms with Gasteiger partial charge in [0.25, 0.3) is 0 Å². The Morgan fingerprint density at radius 2 is 0.729 bits per heavy atom. The van der Waals surface area contributed by atoms with E-state index in [4.69, 9.17) is 17.0 Å². The molecule has 0 saturated heterocycles. The summed E-state index contributed by atoms with van der Waals surface area (Å²) in [5, 5.41) is 0. The molecule has 0 aliphatic heterocycles. The van der Waals surface area contributed by atoms with E-state index in [2.05, 4.69) is 192 Å². The van der Waals surface area contributed by atoms with Gasteiger partial charge in [-0.2, -0.15) is 0 Å². The van der Waals surface area contributed by atoms with E-state index in [9.17, 15) is 0 Å². The molecular formula is C56H75Cl2Zr. The standard InChI is InChI=1S/2C27H35.C2H5.2ClH.Zr/c2*1-10-19-12-23-17(2)11-18(3)25(24(23)13-19)20-14-21(26(4,5)6)16-22(15-20)27(7,8)9;1-2;;;/h2*11-16H,10H2,1-9H3;1H2,2H3;2*1H;/q;;;;;+2/p-2. The first-order valence-electron chi connectivity index (χ1n) is 22.6. The summed E-state index contributed by atoms with van der Waals surface area (Å²) in [7, 11) is 17.7. The summed E-state index contributed by atoms with van der Waals surface area (Å²) in [5.41, 5.74) is 24.5. The van der Waals surface area contributed by atoms with Crippen molar-refractivity contribution in [1.82, 2.24) is 0 Å². The number of rotatable bonds is 7. The second kappa shape index (κ2) is 15.3. The number of benzene rings is 4. The quantitative estimate of drug-likeness (QED) is 0.173. The minimum absolute atomic E-state index is 0.0174. The van der Waals surface area contributed by atoms with Crippen LogP contribution in [-0.2, 0) is 38.1 Å². The van der Waals surface area contributed by atoms with Gasteiger partial charge in [-0.15, -0.1) is 0 Å². The fourth-order valence-corrected chi connectivity index (χ4v) is 29.3. The van der Waals surface area contributed by atoms with Crippen molar-refractivity contribution in [2.45, 2.75) is 177 Å². The number of hydrogen-bond acceptors (Lipinski definition) is 0. The molecule has 0 fully saturated rings. The van der Waals surface area contributed by atoms with E-state index < -0.39 is 16.4 Å². The zero-order chi connectivity index (χ0) is 44.2. The molecule has 4 aromatic carbocycles. The van der Waals surface area contributed by atoms with Crippen LogP contribution in [0.2, 0.25) is 4.13 Å². The number of halogens is 2. The van der Waals surface area contributed by atoms with Crippen molar-refractivity contribution in [2.24, 2.45) is 0 Å². The Morgan fingerprint density at radius 1 is 0.441 bits per heavy atom. The molecular weight excluding hydrogens is 835 g/mol. The molecule has 0 heterocycles. The van der Waals surface area contributed by atoms with Crippen LogP contribution in [0.1, 0.15) is 191 Å². The van der Waals surface area contributed by atoms with E-state index in [0.29, 0.717) is 0 Å². The van der Waals surface area contributed by atoms with Gasteiger partial charge in [0.05, 0.1) is 0 Å². The molecule has 2 aliphatic rings. The number of allylic oxidation sites excluding steroid dienone is 2. The minimum atomic E-state index is -5.06. The summed E-state index contributed by atoms with van der Waals surface area (Å²) in [4.78, 5) is 0. The Morgan fingerprint density at radius 3 is 0.966 bits per heavy atom. The average molecular weight is 910 g/mol. The molecule has 0 nitrogen and oxygen atoms in total. The molecule has 3 heteroatoms. The first kappa shape index (κ1) is 46.3. The second-order valence-electron chi connectivity index (χ2n) is 22.7. The maximum absolute atomic E-state index is 8.85. The summed E-state index contributed by atoms with van der Waals surface area (Å²) in [6, 6.07) is 19.6. The molecule has 2 unspecified atom stereocenters. The van der Waals surface area contributed by atoms with Gasteiger partial charge >= 0.3 is 372 Å². The third-order valence-electron chi connectivity index (χ3n) is 14.2. The molecule has 317 valence electrons. The van der Waals surface area contributed by atoms with Gasteiger partial charge in [0, 0.05) is 0 Å². The Labute approximate surface area is 368 Å². The molecule has 2 aliphatic carbocycles. The zero-order valence-electron chi connectivity index (χ0n) is 40.3. The van der Waals surface area contributed by atoms with E-state index in [1.807, 2.05) is 0 Å². The molecule has 0 aromatic heterocycles. The first-order valence-corrected chi connectivity index (χ1v) is 33.5. The van der Waals surface area contributed by atoms with Crippen LogP contribution in [0.3, 0.4) is 0 Å². The molecule has 0 amide bonds. The van der Waals surface area contributed by atoms with Gasteiger partial charge in [0.2, 0.25) is 0 Å². The topological polar surface area (TPSA) is 0 Å². The van der Waals surface area contributed by atoms with Crippen molar-refractivity contribution in [1.29, 1.82) is 0 Å². The molecule has 4 aromatic rings. The Balaban J connectivity index is 1.65. The number of aryl methyl sites for hydroxylation is 4. The second-order valence-corrected chi connectivity index (χ2v) is 45.7. The maximum atomic E-state index is 8.85. The molecule has 0 saturated carbocycles.